The van der Waals surface area contributed by atoms with Crippen LogP contribution in [-0.4, -0.2) is 17.8 Å². The first-order valence-corrected chi connectivity index (χ1v) is 20.3. The fourth-order valence-corrected chi connectivity index (χ4v) is 10.8. The Morgan fingerprint density at radius 1 is 0.310 bits per heavy atom. The molecule has 2 nitrogen and oxygen atoms in total. The highest BCUT2D eigenvalue weighted by molar-refractivity contribution is 7.03. The molecule has 0 radical (unpaired) electrons. The van der Waals surface area contributed by atoms with Gasteiger partial charge in [0, 0.05) is 38.6 Å². The van der Waals surface area contributed by atoms with Gasteiger partial charge in [0.1, 0.15) is 0 Å². The third kappa shape index (κ3) is 4.29. The molecule has 0 saturated heterocycles. The van der Waals surface area contributed by atoms with Crippen LogP contribution in [0.3, 0.4) is 0 Å². The molecule has 9 aromatic carbocycles. The molecule has 0 saturated carbocycles. The summed E-state index contributed by atoms with van der Waals surface area (Å²) in [5.74, 6) is 0. The summed E-state index contributed by atoms with van der Waals surface area (Å²) < 4.78 is 2.53. The van der Waals surface area contributed by atoms with Gasteiger partial charge >= 0.3 is 0 Å². The van der Waals surface area contributed by atoms with Crippen molar-refractivity contribution in [2.24, 2.45) is 0 Å². The van der Waals surface area contributed by atoms with Crippen molar-refractivity contribution in [2.45, 2.75) is 0 Å². The van der Waals surface area contributed by atoms with Crippen molar-refractivity contribution in [1.29, 1.82) is 0 Å². The molecular formula is C54H34B2N2. The smallest absolute Gasteiger partial charge is 0.247 e. The highest BCUT2D eigenvalue weighted by Gasteiger charge is 2.44. The first-order valence-electron chi connectivity index (χ1n) is 20.3. The van der Waals surface area contributed by atoms with Crippen LogP contribution in [0.15, 0.2) is 206 Å². The first kappa shape index (κ1) is 31.9. The minimum Gasteiger partial charge on any atom is -0.312 e. The second kappa shape index (κ2) is 12.1. The van der Waals surface area contributed by atoms with E-state index in [1.807, 2.05) is 0 Å². The maximum Gasteiger partial charge on any atom is 0.247 e. The number of aromatic nitrogens is 1. The standard InChI is InChI=1S/C54H34B2N2/c1-3-17-35(18-4-1)37-21-7-10-26-43(37)55-45-28-12-14-32-50(45)58-52-34-51-42(41-25-15-24-40-39-23-9-13-31-49(39)57(51)53(40)41)33-48(52)56(47-30-16-29-46(55)54(47)58)44-27-11-8-22-38(44)36-19-5-2-6-20-36/h1-34H. The molecule has 0 aliphatic carbocycles. The zero-order valence-corrected chi connectivity index (χ0v) is 31.7. The van der Waals surface area contributed by atoms with E-state index in [1.54, 1.807) is 0 Å². The van der Waals surface area contributed by atoms with E-state index in [4.69, 9.17) is 0 Å². The van der Waals surface area contributed by atoms with Crippen LogP contribution in [0.1, 0.15) is 0 Å². The topological polar surface area (TPSA) is 7.65 Å². The molecule has 2 aliphatic heterocycles. The van der Waals surface area contributed by atoms with Crippen LogP contribution in [0.25, 0.3) is 60.3 Å². The van der Waals surface area contributed by atoms with Crippen molar-refractivity contribution in [1.82, 2.24) is 4.40 Å². The van der Waals surface area contributed by atoms with Crippen molar-refractivity contribution in [3.63, 3.8) is 0 Å². The van der Waals surface area contributed by atoms with Crippen molar-refractivity contribution in [2.75, 3.05) is 4.90 Å². The summed E-state index contributed by atoms with van der Waals surface area (Å²) in [5.41, 5.74) is 20.6. The average molecular weight is 733 g/mol. The molecule has 4 heteroatoms. The molecule has 0 amide bonds. The second-order valence-corrected chi connectivity index (χ2v) is 15.9. The van der Waals surface area contributed by atoms with Gasteiger partial charge in [0.15, 0.2) is 0 Å². The molecule has 2 aliphatic rings. The predicted molar refractivity (Wildman–Crippen MR) is 249 cm³/mol. The number of rotatable bonds is 4. The van der Waals surface area contributed by atoms with Crippen LogP contribution in [0.2, 0.25) is 0 Å². The molecule has 0 N–H and O–H groups in total. The van der Waals surface area contributed by atoms with Gasteiger partial charge < -0.3 is 9.30 Å². The van der Waals surface area contributed by atoms with Crippen LogP contribution in [0.5, 0.6) is 0 Å². The maximum atomic E-state index is 2.62. The summed E-state index contributed by atoms with van der Waals surface area (Å²) in [6.07, 6.45) is 0. The van der Waals surface area contributed by atoms with Crippen LogP contribution in [0.4, 0.5) is 17.1 Å². The zero-order valence-electron chi connectivity index (χ0n) is 31.7. The van der Waals surface area contributed by atoms with E-state index in [1.165, 1.54) is 110 Å². The highest BCUT2D eigenvalue weighted by atomic mass is 15.2. The number of anilines is 3. The number of para-hydroxylation sites is 4. The lowest BCUT2D eigenvalue weighted by atomic mass is 9.30. The van der Waals surface area contributed by atoms with Crippen molar-refractivity contribution in [3.8, 4) is 22.3 Å². The van der Waals surface area contributed by atoms with Gasteiger partial charge in [0.05, 0.1) is 16.6 Å². The lowest BCUT2D eigenvalue weighted by Crippen LogP contribution is -2.65. The lowest BCUT2D eigenvalue weighted by Gasteiger charge is -2.44. The summed E-state index contributed by atoms with van der Waals surface area (Å²) in [5, 5.41) is 5.21. The third-order valence-corrected chi connectivity index (χ3v) is 13.1. The van der Waals surface area contributed by atoms with Crippen LogP contribution in [-0.2, 0) is 0 Å². The van der Waals surface area contributed by atoms with Gasteiger partial charge in [-0.3, -0.25) is 0 Å². The van der Waals surface area contributed by atoms with Crippen molar-refractivity contribution in [3.05, 3.63) is 206 Å². The number of fused-ring (bicyclic) bond motifs is 10. The number of hydrogen-bond acceptors (Lipinski definition) is 1. The zero-order chi connectivity index (χ0) is 37.9. The van der Waals surface area contributed by atoms with E-state index in [-0.39, 0.29) is 13.4 Å². The summed E-state index contributed by atoms with van der Waals surface area (Å²) in [7, 11) is 0. The minimum atomic E-state index is -0.00547. The first-order chi connectivity index (χ1) is 28.8. The molecule has 0 unspecified atom stereocenters. The molecule has 0 atom stereocenters. The Hall–Kier alpha value is -7.29. The summed E-state index contributed by atoms with van der Waals surface area (Å²) in [6, 6.07) is 77.0. The fraction of sp³-hybridized carbons (Fsp3) is 0. The third-order valence-electron chi connectivity index (χ3n) is 13.1. The highest BCUT2D eigenvalue weighted by Crippen LogP contribution is 2.43. The molecular weight excluding hydrogens is 698 g/mol. The number of nitrogens with zero attached hydrogens (tertiary/aromatic N) is 2. The van der Waals surface area contributed by atoms with Gasteiger partial charge in [-0.1, -0.05) is 199 Å². The van der Waals surface area contributed by atoms with E-state index >= 15 is 0 Å². The Balaban J connectivity index is 1.16. The van der Waals surface area contributed by atoms with Gasteiger partial charge in [0.25, 0.3) is 0 Å². The molecule has 0 fully saturated rings. The number of benzene rings is 9. The Morgan fingerprint density at radius 2 is 0.810 bits per heavy atom. The lowest BCUT2D eigenvalue weighted by molar-refractivity contribution is 1.30. The van der Waals surface area contributed by atoms with E-state index < -0.39 is 0 Å². The quantitative estimate of drug-likeness (QED) is 0.164. The molecule has 0 bridgehead atoms. The predicted octanol–water partition coefficient (Wildman–Crippen LogP) is 9.30. The van der Waals surface area contributed by atoms with E-state index in [0.717, 1.165) is 0 Å². The normalized spacial score (nSPS) is 13.1. The molecule has 4 heterocycles. The summed E-state index contributed by atoms with van der Waals surface area (Å²) in [6.45, 7) is 0.0335. The minimum absolute atomic E-state index is 0.00547. The SMILES string of the molecule is c1ccc(-c2ccccc2B2c3ccccc3N3c4cc5c(cc4B(c4ccccc4-c4ccccc4)c4cccc2c43)c2cccc3c4ccccc4n5c32)cc1. The molecule has 13 rings (SSSR count). The van der Waals surface area contributed by atoms with Gasteiger partial charge in [-0.05, 0) is 62.3 Å². The second-order valence-electron chi connectivity index (χ2n) is 15.9. The average Bonchev–Trinajstić information content (AvgIpc) is 3.81. The Morgan fingerprint density at radius 3 is 1.50 bits per heavy atom. The van der Waals surface area contributed by atoms with Crippen molar-refractivity contribution < 1.29 is 0 Å². The molecule has 0 spiro atoms. The Kier molecular flexibility index (Phi) is 6.65. The monoisotopic (exact) mass is 732 g/mol. The summed E-state index contributed by atoms with van der Waals surface area (Å²) >= 11 is 0. The van der Waals surface area contributed by atoms with Gasteiger partial charge in [0.2, 0.25) is 13.4 Å². The largest absolute Gasteiger partial charge is 0.312 e. The van der Waals surface area contributed by atoms with E-state index in [2.05, 4.69) is 216 Å². The van der Waals surface area contributed by atoms with Crippen LogP contribution in [0, 0.1) is 0 Å². The number of hydrogen-bond donors (Lipinski definition) is 0. The Bertz CT molecular complexity index is 3420. The summed E-state index contributed by atoms with van der Waals surface area (Å²) in [4.78, 5) is 2.62. The maximum absolute atomic E-state index is 2.62. The molecule has 266 valence electrons. The van der Waals surface area contributed by atoms with E-state index in [0.29, 0.717) is 0 Å². The molecule has 2 aromatic heterocycles. The van der Waals surface area contributed by atoms with Gasteiger partial charge in [-0.25, -0.2) is 0 Å². The molecule has 58 heavy (non-hydrogen) atoms. The fourth-order valence-electron chi connectivity index (χ4n) is 10.8. The van der Waals surface area contributed by atoms with Crippen molar-refractivity contribution >= 4 is 101 Å². The van der Waals surface area contributed by atoms with E-state index in [9.17, 15) is 0 Å². The van der Waals surface area contributed by atoms with Gasteiger partial charge in [-0.15, -0.1) is 0 Å². The van der Waals surface area contributed by atoms with Crippen LogP contribution < -0.4 is 37.7 Å². The van der Waals surface area contributed by atoms with Crippen LogP contribution >= 0.6 is 0 Å². The molecule has 11 aromatic rings. The van der Waals surface area contributed by atoms with Gasteiger partial charge in [-0.2, -0.15) is 0 Å². The Labute approximate surface area is 337 Å².